The zero-order valence-electron chi connectivity index (χ0n) is 11.5. The number of aromatic nitrogens is 1. The Labute approximate surface area is 120 Å². The van der Waals surface area contributed by atoms with Gasteiger partial charge in [-0.1, -0.05) is 18.8 Å². The highest BCUT2D eigenvalue weighted by molar-refractivity contribution is 7.89. The van der Waals surface area contributed by atoms with Gasteiger partial charge in [-0.2, -0.15) is 0 Å². The number of nitrogens with one attached hydrogen (secondary N) is 1. The van der Waals surface area contributed by atoms with Crippen LogP contribution in [0.3, 0.4) is 0 Å². The van der Waals surface area contributed by atoms with E-state index in [2.05, 4.69) is 28.5 Å². The summed E-state index contributed by atoms with van der Waals surface area (Å²) < 4.78 is 27.0. The number of rotatable bonds is 5. The molecule has 1 unspecified atom stereocenters. The summed E-state index contributed by atoms with van der Waals surface area (Å²) in [6, 6.07) is 1.51. The van der Waals surface area contributed by atoms with Gasteiger partial charge in [-0.15, -0.1) is 0 Å². The van der Waals surface area contributed by atoms with Crippen LogP contribution >= 0.6 is 0 Å². The van der Waals surface area contributed by atoms with Crippen LogP contribution in [0.25, 0.3) is 0 Å². The van der Waals surface area contributed by atoms with Crippen molar-refractivity contribution in [3.05, 3.63) is 24.0 Å². The Balaban J connectivity index is 2.07. The number of hydrogen-bond acceptors (Lipinski definition) is 4. The van der Waals surface area contributed by atoms with Crippen LogP contribution in [0.4, 0.5) is 0 Å². The maximum absolute atomic E-state index is 12.2. The lowest BCUT2D eigenvalue weighted by Gasteiger charge is -2.11. The van der Waals surface area contributed by atoms with Gasteiger partial charge in [0.25, 0.3) is 0 Å². The van der Waals surface area contributed by atoms with Crippen molar-refractivity contribution in [1.29, 1.82) is 0 Å². The Morgan fingerprint density at radius 2 is 2.25 bits per heavy atom. The number of pyridine rings is 1. The molecule has 1 atom stereocenters. The van der Waals surface area contributed by atoms with E-state index in [1.165, 1.54) is 31.3 Å². The Bertz CT molecular complexity index is 627. The highest BCUT2D eigenvalue weighted by Gasteiger charge is 2.28. The van der Waals surface area contributed by atoms with Crippen LogP contribution in [0, 0.1) is 23.7 Å². The maximum atomic E-state index is 12.2. The smallest absolute Gasteiger partial charge is 0.242 e. The van der Waals surface area contributed by atoms with Crippen LogP contribution in [0.1, 0.15) is 25.3 Å². The van der Waals surface area contributed by atoms with E-state index < -0.39 is 10.0 Å². The summed E-state index contributed by atoms with van der Waals surface area (Å²) >= 11 is 0. The van der Waals surface area contributed by atoms with Gasteiger partial charge in [0.15, 0.2) is 0 Å². The van der Waals surface area contributed by atoms with Gasteiger partial charge in [0.2, 0.25) is 10.0 Å². The minimum atomic E-state index is -3.52. The van der Waals surface area contributed by atoms with Gasteiger partial charge in [0, 0.05) is 24.5 Å². The fraction of sp³-hybridized carbons (Fsp3) is 0.500. The van der Waals surface area contributed by atoms with Gasteiger partial charge >= 0.3 is 0 Å². The van der Waals surface area contributed by atoms with Crippen molar-refractivity contribution in [2.75, 3.05) is 13.1 Å². The number of hydrogen-bond donors (Lipinski definition) is 2. The van der Waals surface area contributed by atoms with Crippen LogP contribution < -0.4 is 10.5 Å². The van der Waals surface area contributed by atoms with E-state index in [1.54, 1.807) is 0 Å². The van der Waals surface area contributed by atoms with Gasteiger partial charge in [-0.25, -0.2) is 13.1 Å². The summed E-state index contributed by atoms with van der Waals surface area (Å²) in [6.45, 7) is 2.77. The van der Waals surface area contributed by atoms with Gasteiger partial charge in [-0.3, -0.25) is 4.98 Å². The predicted octanol–water partition coefficient (Wildman–Crippen LogP) is 0.716. The van der Waals surface area contributed by atoms with Gasteiger partial charge in [0.1, 0.15) is 4.90 Å². The van der Waals surface area contributed by atoms with Crippen molar-refractivity contribution in [2.24, 2.45) is 17.6 Å². The molecule has 0 aliphatic heterocycles. The van der Waals surface area contributed by atoms with E-state index in [-0.39, 0.29) is 11.4 Å². The predicted molar refractivity (Wildman–Crippen MR) is 77.2 cm³/mol. The molecule has 6 heteroatoms. The topological polar surface area (TPSA) is 85.1 Å². The molecule has 1 aliphatic carbocycles. The molecule has 0 spiro atoms. The van der Waals surface area contributed by atoms with Crippen molar-refractivity contribution < 1.29 is 8.42 Å². The Morgan fingerprint density at radius 1 is 1.50 bits per heavy atom. The molecule has 2 rings (SSSR count). The first-order valence-electron chi connectivity index (χ1n) is 6.66. The van der Waals surface area contributed by atoms with E-state index in [4.69, 9.17) is 5.73 Å². The molecule has 0 bridgehead atoms. The minimum absolute atomic E-state index is 0.143. The Hall–Kier alpha value is -1.42. The van der Waals surface area contributed by atoms with Crippen molar-refractivity contribution in [3.63, 3.8) is 0 Å². The molecule has 5 nitrogen and oxygen atoms in total. The van der Waals surface area contributed by atoms with Crippen LogP contribution in [0.15, 0.2) is 23.4 Å². The fourth-order valence-corrected chi connectivity index (χ4v) is 3.07. The monoisotopic (exact) mass is 293 g/mol. The van der Waals surface area contributed by atoms with E-state index in [0.29, 0.717) is 23.9 Å². The van der Waals surface area contributed by atoms with E-state index in [0.717, 1.165) is 0 Å². The molecule has 1 aromatic heterocycles. The van der Waals surface area contributed by atoms with E-state index in [9.17, 15) is 8.42 Å². The zero-order chi connectivity index (χ0) is 14.6. The summed E-state index contributed by atoms with van der Waals surface area (Å²) in [5.74, 6) is 6.50. The molecular formula is C14H19N3O2S. The molecule has 0 saturated heterocycles. The summed E-state index contributed by atoms with van der Waals surface area (Å²) in [7, 11) is -3.52. The molecule has 108 valence electrons. The second kappa shape index (κ2) is 6.35. The average molecular weight is 293 g/mol. The third-order valence-electron chi connectivity index (χ3n) is 3.38. The SMILES string of the molecule is CC(CNS(=O)(=O)c1cncc(C#CCN)c1)C1CC1. The van der Waals surface area contributed by atoms with Gasteiger partial charge in [0.05, 0.1) is 6.54 Å². The lowest BCUT2D eigenvalue weighted by molar-refractivity contribution is 0.491. The molecule has 1 aliphatic rings. The molecule has 0 aromatic carbocycles. The number of nitrogens with two attached hydrogens (primary N) is 1. The largest absolute Gasteiger partial charge is 0.320 e. The first-order valence-corrected chi connectivity index (χ1v) is 8.15. The standard InChI is InChI=1S/C14H19N3O2S/c1-11(13-4-5-13)8-17-20(18,19)14-7-12(3-2-6-15)9-16-10-14/h7,9-11,13,17H,4-6,8,15H2,1H3. The Kier molecular flexibility index (Phi) is 4.76. The third kappa shape index (κ3) is 4.04. The van der Waals surface area contributed by atoms with Crippen LogP contribution in [0.2, 0.25) is 0 Å². The van der Waals surface area contributed by atoms with Crippen LogP contribution in [0.5, 0.6) is 0 Å². The molecule has 1 aromatic rings. The molecule has 3 N–H and O–H groups in total. The van der Waals surface area contributed by atoms with Gasteiger partial charge < -0.3 is 5.73 Å². The van der Waals surface area contributed by atoms with Crippen molar-refractivity contribution in [3.8, 4) is 11.8 Å². The highest BCUT2D eigenvalue weighted by Crippen LogP contribution is 2.36. The summed E-state index contributed by atoms with van der Waals surface area (Å²) in [6.07, 6.45) is 5.26. The Morgan fingerprint density at radius 3 is 2.90 bits per heavy atom. The minimum Gasteiger partial charge on any atom is -0.320 e. The first-order chi connectivity index (χ1) is 9.53. The quantitative estimate of drug-likeness (QED) is 0.783. The number of nitrogens with zero attached hydrogens (tertiary/aromatic N) is 1. The molecule has 0 radical (unpaired) electrons. The maximum Gasteiger partial charge on any atom is 0.242 e. The van der Waals surface area contributed by atoms with Crippen LogP contribution in [-0.4, -0.2) is 26.5 Å². The number of sulfonamides is 1. The average Bonchev–Trinajstić information content (AvgIpc) is 3.27. The molecule has 1 heterocycles. The summed E-state index contributed by atoms with van der Waals surface area (Å²) in [5, 5.41) is 0. The molecule has 1 saturated carbocycles. The fourth-order valence-electron chi connectivity index (χ4n) is 1.94. The van der Waals surface area contributed by atoms with Crippen molar-refractivity contribution in [1.82, 2.24) is 9.71 Å². The van der Waals surface area contributed by atoms with Crippen LogP contribution in [-0.2, 0) is 10.0 Å². The molecule has 1 fully saturated rings. The summed E-state index contributed by atoms with van der Waals surface area (Å²) in [4.78, 5) is 4.06. The molecule has 20 heavy (non-hydrogen) atoms. The van der Waals surface area contributed by atoms with Crippen molar-refractivity contribution >= 4 is 10.0 Å². The van der Waals surface area contributed by atoms with Crippen molar-refractivity contribution in [2.45, 2.75) is 24.7 Å². The highest BCUT2D eigenvalue weighted by atomic mass is 32.2. The first kappa shape index (κ1) is 15.0. The van der Waals surface area contributed by atoms with E-state index in [1.807, 2.05) is 0 Å². The van der Waals surface area contributed by atoms with E-state index >= 15 is 0 Å². The lowest BCUT2D eigenvalue weighted by Crippen LogP contribution is -2.29. The molecular weight excluding hydrogens is 274 g/mol. The summed E-state index contributed by atoms with van der Waals surface area (Å²) in [5.41, 5.74) is 5.84. The lowest BCUT2D eigenvalue weighted by atomic mass is 10.1. The third-order valence-corrected chi connectivity index (χ3v) is 4.77. The van der Waals surface area contributed by atoms with Gasteiger partial charge in [-0.05, 0) is 30.7 Å². The molecule has 0 amide bonds. The normalized spacial score (nSPS) is 16.3. The second-order valence-electron chi connectivity index (χ2n) is 5.08. The zero-order valence-corrected chi connectivity index (χ0v) is 12.3. The second-order valence-corrected chi connectivity index (χ2v) is 6.85.